The molecule has 0 N–H and O–H groups in total. The van der Waals surface area contributed by atoms with Gasteiger partial charge in [-0.1, -0.05) is 0 Å². The quantitative estimate of drug-likeness (QED) is 0.424. The fraction of sp³-hybridized carbons (Fsp3) is 0.667. The number of carbonyl (C=O) groups is 1. The van der Waals surface area contributed by atoms with Crippen molar-refractivity contribution in [3.8, 4) is 0 Å². The van der Waals surface area contributed by atoms with Gasteiger partial charge in [0.1, 0.15) is 12.0 Å². The van der Waals surface area contributed by atoms with Crippen molar-refractivity contribution in [2.24, 2.45) is 5.92 Å². The molecule has 0 aliphatic carbocycles. The third kappa shape index (κ3) is 1.36. The summed E-state index contributed by atoms with van der Waals surface area (Å²) in [6, 6.07) is 0. The Morgan fingerprint density at radius 1 is 1.78 bits per heavy atom. The highest BCUT2D eigenvalue weighted by Gasteiger charge is 2.26. The minimum absolute atomic E-state index is 0.118. The van der Waals surface area contributed by atoms with Gasteiger partial charge < -0.3 is 14.6 Å². The van der Waals surface area contributed by atoms with Crippen LogP contribution in [0.4, 0.5) is 0 Å². The van der Waals surface area contributed by atoms with Gasteiger partial charge in [-0.15, -0.1) is 0 Å². The predicted octanol–water partition coefficient (Wildman–Crippen LogP) is -1.02. The summed E-state index contributed by atoms with van der Waals surface area (Å²) in [5.74, 6) is -1.01. The highest BCUT2D eigenvalue weighted by molar-refractivity contribution is 5.70. The first kappa shape index (κ1) is 6.42. The van der Waals surface area contributed by atoms with Crippen LogP contribution in [-0.2, 0) is 9.53 Å². The molecule has 0 spiro atoms. The number of hydrogen-bond donors (Lipinski definition) is 0. The van der Waals surface area contributed by atoms with Crippen molar-refractivity contribution in [3.05, 3.63) is 6.92 Å². The summed E-state index contributed by atoms with van der Waals surface area (Å²) in [7, 11) is 0. The summed E-state index contributed by atoms with van der Waals surface area (Å²) in [6.45, 7) is 4.10. The van der Waals surface area contributed by atoms with Gasteiger partial charge in [-0.3, -0.25) is 0 Å². The molecule has 0 bridgehead atoms. The number of ether oxygens (including phenoxy) is 1. The number of carbonyl (C=O) groups excluding carboxylic acids is 1. The topological polar surface area (TPSA) is 49.4 Å². The van der Waals surface area contributed by atoms with Gasteiger partial charge in [-0.25, -0.2) is 0 Å². The Hall–Kier alpha value is -0.700. The zero-order valence-corrected chi connectivity index (χ0v) is 5.00. The molecular formula is C6H8O3. The number of rotatable bonds is 1. The Bertz CT molecular complexity index is 121. The van der Waals surface area contributed by atoms with Crippen LogP contribution < -0.4 is 5.11 Å². The molecule has 0 amide bonds. The fourth-order valence-electron chi connectivity index (χ4n) is 0.855. The first-order valence-corrected chi connectivity index (χ1v) is 2.85. The maximum Gasteiger partial charge on any atom is 0.121 e. The van der Waals surface area contributed by atoms with Crippen molar-refractivity contribution < 1.29 is 14.6 Å². The molecule has 0 aromatic heterocycles. The Labute approximate surface area is 53.6 Å². The van der Waals surface area contributed by atoms with Crippen LogP contribution in [0.25, 0.3) is 0 Å². The van der Waals surface area contributed by atoms with E-state index >= 15 is 0 Å². The second-order valence-corrected chi connectivity index (χ2v) is 2.24. The summed E-state index contributed by atoms with van der Waals surface area (Å²) < 4.78 is 4.80. The van der Waals surface area contributed by atoms with Crippen molar-refractivity contribution >= 4 is 5.97 Å². The molecule has 3 nitrogen and oxygen atoms in total. The van der Waals surface area contributed by atoms with E-state index in [0.29, 0.717) is 13.0 Å². The molecule has 50 valence electrons. The number of carboxylic acid groups (broad SMARTS) is 1. The lowest BCUT2D eigenvalue weighted by Gasteiger charge is -2.07. The smallest absolute Gasteiger partial charge is 0.121 e. The molecule has 1 fully saturated rings. The average molecular weight is 128 g/mol. The summed E-state index contributed by atoms with van der Waals surface area (Å²) in [5.41, 5.74) is 0. The van der Waals surface area contributed by atoms with E-state index in [4.69, 9.17) is 4.74 Å². The van der Waals surface area contributed by atoms with Gasteiger partial charge in [0, 0.05) is 6.42 Å². The molecule has 0 saturated carbocycles. The van der Waals surface area contributed by atoms with Gasteiger partial charge in [-0.05, 0) is 0 Å². The van der Waals surface area contributed by atoms with Gasteiger partial charge in [0.25, 0.3) is 0 Å². The van der Waals surface area contributed by atoms with Crippen molar-refractivity contribution in [3.63, 3.8) is 0 Å². The van der Waals surface area contributed by atoms with Crippen LogP contribution in [0.15, 0.2) is 0 Å². The molecule has 9 heavy (non-hydrogen) atoms. The van der Waals surface area contributed by atoms with Crippen LogP contribution in [-0.4, -0.2) is 18.7 Å². The Kier molecular flexibility index (Phi) is 1.62. The lowest BCUT2D eigenvalue weighted by molar-refractivity contribution is -0.315. The fourth-order valence-corrected chi connectivity index (χ4v) is 0.855. The zero-order valence-electron chi connectivity index (χ0n) is 5.00. The van der Waals surface area contributed by atoms with Crippen LogP contribution >= 0.6 is 0 Å². The molecule has 1 aliphatic heterocycles. The number of aliphatic carboxylic acids is 1. The van der Waals surface area contributed by atoms with Gasteiger partial charge in [0.15, 0.2) is 0 Å². The molecule has 2 atom stereocenters. The standard InChI is InChI=1S/C6H8O3/c1-4-2-5(6(7)8)9-3-4/h4-5H,1-3H2/t4-,5-/m0/s1. The SMILES string of the molecule is [CH2+][C@@H]1CO[C@H](C(=O)[O-])C1. The molecule has 0 unspecified atom stereocenters. The van der Waals surface area contributed by atoms with E-state index < -0.39 is 12.1 Å². The molecule has 0 aromatic carbocycles. The van der Waals surface area contributed by atoms with Crippen molar-refractivity contribution in [1.82, 2.24) is 0 Å². The van der Waals surface area contributed by atoms with Crippen LogP contribution in [0, 0.1) is 12.8 Å². The van der Waals surface area contributed by atoms with Gasteiger partial charge >= 0.3 is 0 Å². The molecule has 1 rings (SSSR count). The van der Waals surface area contributed by atoms with Gasteiger partial charge in [0.05, 0.1) is 19.5 Å². The number of hydrogen-bond acceptors (Lipinski definition) is 3. The summed E-state index contributed by atoms with van der Waals surface area (Å²) in [4.78, 5) is 10.1. The highest BCUT2D eigenvalue weighted by atomic mass is 16.5. The zero-order chi connectivity index (χ0) is 6.85. The Balaban J connectivity index is 2.39. The maximum atomic E-state index is 10.1. The van der Waals surface area contributed by atoms with Gasteiger partial charge in [0.2, 0.25) is 0 Å². The van der Waals surface area contributed by atoms with E-state index in [-0.39, 0.29) is 5.92 Å². The van der Waals surface area contributed by atoms with E-state index in [1.165, 1.54) is 0 Å². The van der Waals surface area contributed by atoms with Crippen LogP contribution in [0.3, 0.4) is 0 Å². The summed E-state index contributed by atoms with van der Waals surface area (Å²) in [5, 5.41) is 10.1. The molecule has 0 radical (unpaired) electrons. The molecule has 3 heteroatoms. The molecule has 0 aromatic rings. The van der Waals surface area contributed by atoms with Crippen molar-refractivity contribution in [2.75, 3.05) is 6.61 Å². The van der Waals surface area contributed by atoms with Crippen LogP contribution in [0.2, 0.25) is 0 Å². The molecule has 1 heterocycles. The maximum absolute atomic E-state index is 10.1. The molecule has 1 aliphatic rings. The van der Waals surface area contributed by atoms with E-state index in [1.54, 1.807) is 0 Å². The second-order valence-electron chi connectivity index (χ2n) is 2.24. The molecule has 1 saturated heterocycles. The highest BCUT2D eigenvalue weighted by Crippen LogP contribution is 2.17. The van der Waals surface area contributed by atoms with Crippen LogP contribution in [0.5, 0.6) is 0 Å². The third-order valence-corrected chi connectivity index (χ3v) is 1.34. The average Bonchev–Trinajstić information content (AvgIpc) is 2.14. The first-order valence-electron chi connectivity index (χ1n) is 2.85. The summed E-state index contributed by atoms with van der Waals surface area (Å²) >= 11 is 0. The van der Waals surface area contributed by atoms with Gasteiger partial charge in [-0.2, -0.15) is 0 Å². The largest absolute Gasteiger partial charge is 0.547 e. The second kappa shape index (κ2) is 2.27. The normalized spacial score (nSPS) is 34.7. The molecular weight excluding hydrogens is 120 g/mol. The summed E-state index contributed by atoms with van der Waals surface area (Å²) in [6.07, 6.45) is -0.227. The van der Waals surface area contributed by atoms with Crippen molar-refractivity contribution in [1.29, 1.82) is 0 Å². The van der Waals surface area contributed by atoms with Crippen molar-refractivity contribution in [2.45, 2.75) is 12.5 Å². The third-order valence-electron chi connectivity index (χ3n) is 1.34. The number of carboxylic acids is 1. The van der Waals surface area contributed by atoms with Crippen LogP contribution in [0.1, 0.15) is 6.42 Å². The predicted molar refractivity (Wildman–Crippen MR) is 28.2 cm³/mol. The Morgan fingerprint density at radius 3 is 2.67 bits per heavy atom. The van der Waals surface area contributed by atoms with E-state index in [0.717, 1.165) is 0 Å². The monoisotopic (exact) mass is 128 g/mol. The Morgan fingerprint density at radius 2 is 2.44 bits per heavy atom. The lowest BCUT2D eigenvalue weighted by atomic mass is 10.1. The van der Waals surface area contributed by atoms with E-state index in [2.05, 4.69) is 6.92 Å². The lowest BCUT2D eigenvalue weighted by Crippen LogP contribution is -2.34. The van der Waals surface area contributed by atoms with E-state index in [1.807, 2.05) is 0 Å². The minimum atomic E-state index is -1.12. The first-order chi connectivity index (χ1) is 4.20. The van der Waals surface area contributed by atoms with E-state index in [9.17, 15) is 9.90 Å². The minimum Gasteiger partial charge on any atom is -0.547 e.